The number of rotatable bonds is 5. The highest BCUT2D eigenvalue weighted by Gasteiger charge is 2.39. The van der Waals surface area contributed by atoms with Gasteiger partial charge in [0, 0.05) is 17.9 Å². The molecule has 0 unspecified atom stereocenters. The van der Waals surface area contributed by atoms with E-state index in [-0.39, 0.29) is 24.0 Å². The molecule has 0 saturated carbocycles. The monoisotopic (exact) mass is 381 g/mol. The van der Waals surface area contributed by atoms with Crippen LogP contribution in [0.15, 0.2) is 41.2 Å². The molecule has 28 heavy (non-hydrogen) atoms. The van der Waals surface area contributed by atoms with Gasteiger partial charge in [0.1, 0.15) is 0 Å². The molecule has 146 valence electrons. The number of carbonyl (C=O) groups is 1. The van der Waals surface area contributed by atoms with Crippen LogP contribution in [-0.4, -0.2) is 32.4 Å². The van der Waals surface area contributed by atoms with E-state index in [4.69, 9.17) is 14.4 Å². The summed E-state index contributed by atoms with van der Waals surface area (Å²) in [7, 11) is 0. The Bertz CT molecular complexity index is 952. The van der Waals surface area contributed by atoms with E-state index in [9.17, 15) is 4.79 Å². The highest BCUT2D eigenvalue weighted by atomic mass is 16.5. The topological polar surface area (TPSA) is 95.1 Å². The largest absolute Gasteiger partial charge is 0.373 e. The van der Waals surface area contributed by atoms with Gasteiger partial charge >= 0.3 is 0 Å². The number of benzene rings is 1. The van der Waals surface area contributed by atoms with Crippen LogP contribution in [0.4, 0.5) is 0 Å². The van der Waals surface area contributed by atoms with Gasteiger partial charge in [-0.05, 0) is 39.3 Å². The number of aryl methyl sites for hydroxylation is 1. The maximum absolute atomic E-state index is 12.9. The number of hydrogen-bond acceptors (Lipinski definition) is 6. The van der Waals surface area contributed by atoms with Crippen molar-refractivity contribution in [1.82, 2.24) is 25.2 Å². The highest BCUT2D eigenvalue weighted by Crippen LogP contribution is 2.38. The van der Waals surface area contributed by atoms with E-state index in [0.717, 1.165) is 22.6 Å². The molecular formula is C20H23N5O3. The van der Waals surface area contributed by atoms with Gasteiger partial charge in [-0.25, -0.2) is 4.68 Å². The van der Waals surface area contributed by atoms with Crippen LogP contribution < -0.4 is 5.32 Å². The summed E-state index contributed by atoms with van der Waals surface area (Å²) in [6.07, 6.45) is 1.59. The average molecular weight is 381 g/mol. The third kappa shape index (κ3) is 3.31. The average Bonchev–Trinajstić information content (AvgIpc) is 3.43. The second kappa shape index (κ2) is 7.55. The molecule has 0 bridgehead atoms. The van der Waals surface area contributed by atoms with Crippen LogP contribution in [0.2, 0.25) is 0 Å². The Morgan fingerprint density at radius 2 is 2.07 bits per heavy atom. The van der Waals surface area contributed by atoms with Gasteiger partial charge in [-0.2, -0.15) is 10.1 Å². The Hall–Kier alpha value is -3.00. The molecule has 3 aromatic rings. The van der Waals surface area contributed by atoms with E-state index < -0.39 is 0 Å². The molecular weight excluding hydrogens is 358 g/mol. The first-order chi connectivity index (χ1) is 13.6. The number of nitrogens with one attached hydrogen (secondary N) is 1. The van der Waals surface area contributed by atoms with E-state index in [0.29, 0.717) is 18.9 Å². The molecule has 1 N–H and O–H groups in total. The minimum Gasteiger partial charge on any atom is -0.373 e. The van der Waals surface area contributed by atoms with Crippen LogP contribution in [0.1, 0.15) is 48.3 Å². The number of ether oxygens (including phenoxy) is 1. The summed E-state index contributed by atoms with van der Waals surface area (Å²) >= 11 is 0. The molecule has 2 aromatic heterocycles. The van der Waals surface area contributed by atoms with Crippen molar-refractivity contribution in [2.45, 2.75) is 39.3 Å². The zero-order chi connectivity index (χ0) is 19.7. The zero-order valence-corrected chi connectivity index (χ0v) is 16.1. The molecule has 3 atom stereocenters. The Morgan fingerprint density at radius 3 is 2.79 bits per heavy atom. The van der Waals surface area contributed by atoms with Crippen LogP contribution in [0, 0.1) is 19.8 Å². The van der Waals surface area contributed by atoms with Crippen molar-refractivity contribution < 1.29 is 14.1 Å². The second-order valence-corrected chi connectivity index (χ2v) is 7.04. The summed E-state index contributed by atoms with van der Waals surface area (Å²) in [6, 6.07) is 9.62. The fraction of sp³-hybridized carbons (Fsp3) is 0.400. The molecule has 1 saturated heterocycles. The van der Waals surface area contributed by atoms with Crippen molar-refractivity contribution in [2.24, 2.45) is 5.92 Å². The van der Waals surface area contributed by atoms with E-state index in [1.54, 1.807) is 0 Å². The minimum atomic E-state index is -0.332. The third-order valence-corrected chi connectivity index (χ3v) is 5.19. The van der Waals surface area contributed by atoms with Gasteiger partial charge in [0.15, 0.2) is 5.82 Å². The van der Waals surface area contributed by atoms with Crippen molar-refractivity contribution in [2.75, 3.05) is 6.61 Å². The van der Waals surface area contributed by atoms with Crippen LogP contribution in [0.25, 0.3) is 5.69 Å². The zero-order valence-electron chi connectivity index (χ0n) is 16.1. The van der Waals surface area contributed by atoms with E-state index in [1.807, 2.05) is 55.8 Å². The predicted octanol–water partition coefficient (Wildman–Crippen LogP) is 2.83. The van der Waals surface area contributed by atoms with E-state index in [2.05, 4.69) is 15.5 Å². The van der Waals surface area contributed by atoms with Crippen LogP contribution >= 0.6 is 0 Å². The van der Waals surface area contributed by atoms with Gasteiger partial charge in [0.05, 0.1) is 29.4 Å². The summed E-state index contributed by atoms with van der Waals surface area (Å²) in [6.45, 7) is 6.34. The molecule has 0 spiro atoms. The lowest BCUT2D eigenvalue weighted by Crippen LogP contribution is -2.34. The Kier molecular flexibility index (Phi) is 4.95. The number of amides is 1. The summed E-state index contributed by atoms with van der Waals surface area (Å²) in [5.74, 6) is 0.0827. The molecule has 8 nitrogen and oxygen atoms in total. The summed E-state index contributed by atoms with van der Waals surface area (Å²) in [5.41, 5.74) is 3.82. The van der Waals surface area contributed by atoms with Crippen molar-refractivity contribution >= 4 is 5.91 Å². The maximum Gasteiger partial charge on any atom is 0.226 e. The van der Waals surface area contributed by atoms with Crippen LogP contribution in [0.5, 0.6) is 0 Å². The van der Waals surface area contributed by atoms with Gasteiger partial charge in [0.2, 0.25) is 12.3 Å². The minimum absolute atomic E-state index is 0.0777. The lowest BCUT2D eigenvalue weighted by Gasteiger charge is -2.20. The van der Waals surface area contributed by atoms with Gasteiger partial charge < -0.3 is 14.6 Å². The lowest BCUT2D eigenvalue weighted by atomic mass is 9.93. The predicted molar refractivity (Wildman–Crippen MR) is 101 cm³/mol. The normalized spacial score (nSPS) is 20.2. The van der Waals surface area contributed by atoms with Gasteiger partial charge in [-0.1, -0.05) is 23.4 Å². The van der Waals surface area contributed by atoms with Gasteiger partial charge in [-0.15, -0.1) is 0 Å². The summed E-state index contributed by atoms with van der Waals surface area (Å²) < 4.78 is 12.7. The maximum atomic E-state index is 12.9. The molecule has 0 radical (unpaired) electrons. The Balaban J connectivity index is 1.58. The number of carbonyl (C=O) groups excluding carboxylic acids is 1. The number of hydrogen-bond donors (Lipinski definition) is 1. The standard InChI is InChI=1S/C20H23N5O3/c1-12-17(14(3)25(23-12)15-7-5-4-6-8-15)18-16(9-10-27-18)20(26)22-13(2)19-21-11-28-24-19/h4-8,11,13,16,18H,9-10H2,1-3H3,(H,22,26)/t13-,16+,18+/m1/s1. The molecule has 4 rings (SSSR count). The first-order valence-electron chi connectivity index (χ1n) is 9.36. The Labute approximate surface area is 162 Å². The van der Waals surface area contributed by atoms with E-state index >= 15 is 0 Å². The third-order valence-electron chi connectivity index (χ3n) is 5.19. The van der Waals surface area contributed by atoms with Crippen LogP contribution in [0.3, 0.4) is 0 Å². The summed E-state index contributed by atoms with van der Waals surface area (Å²) in [4.78, 5) is 16.9. The SMILES string of the molecule is Cc1nn(-c2ccccc2)c(C)c1[C@H]1OCC[C@@H]1C(=O)N[C@H](C)c1ncon1. The van der Waals surface area contributed by atoms with Crippen molar-refractivity contribution in [1.29, 1.82) is 0 Å². The molecule has 1 aliphatic heterocycles. The Morgan fingerprint density at radius 1 is 1.29 bits per heavy atom. The van der Waals surface area contributed by atoms with Crippen molar-refractivity contribution in [3.8, 4) is 5.69 Å². The molecule has 1 amide bonds. The van der Waals surface area contributed by atoms with Crippen molar-refractivity contribution in [3.63, 3.8) is 0 Å². The molecule has 3 heterocycles. The number of aromatic nitrogens is 4. The van der Waals surface area contributed by atoms with Crippen LogP contribution in [-0.2, 0) is 9.53 Å². The second-order valence-electron chi connectivity index (χ2n) is 7.04. The first kappa shape index (κ1) is 18.4. The molecule has 1 fully saturated rings. The van der Waals surface area contributed by atoms with Crippen molar-refractivity contribution in [3.05, 3.63) is 59.5 Å². The molecule has 1 aliphatic rings. The molecule has 0 aliphatic carbocycles. The van der Waals surface area contributed by atoms with Gasteiger partial charge in [0.25, 0.3) is 0 Å². The fourth-order valence-corrected chi connectivity index (χ4v) is 3.78. The number of para-hydroxylation sites is 1. The van der Waals surface area contributed by atoms with E-state index in [1.165, 1.54) is 6.39 Å². The molecule has 8 heteroatoms. The fourth-order valence-electron chi connectivity index (χ4n) is 3.78. The molecule has 1 aromatic carbocycles. The number of nitrogens with zero attached hydrogens (tertiary/aromatic N) is 4. The smallest absolute Gasteiger partial charge is 0.226 e. The quantitative estimate of drug-likeness (QED) is 0.730. The lowest BCUT2D eigenvalue weighted by molar-refractivity contribution is -0.127. The summed E-state index contributed by atoms with van der Waals surface area (Å²) in [5, 5.41) is 11.5. The first-order valence-corrected chi connectivity index (χ1v) is 9.36. The van der Waals surface area contributed by atoms with Gasteiger partial charge in [-0.3, -0.25) is 4.79 Å². The highest BCUT2D eigenvalue weighted by molar-refractivity contribution is 5.80.